The van der Waals surface area contributed by atoms with Gasteiger partial charge < -0.3 is 15.1 Å². The van der Waals surface area contributed by atoms with Crippen LogP contribution in [-0.4, -0.2) is 35.1 Å². The highest BCUT2D eigenvalue weighted by atomic mass is 15.3. The van der Waals surface area contributed by atoms with Crippen molar-refractivity contribution in [2.24, 2.45) is 0 Å². The van der Waals surface area contributed by atoms with Crippen molar-refractivity contribution in [2.45, 2.75) is 26.7 Å². The summed E-state index contributed by atoms with van der Waals surface area (Å²) in [5, 5.41) is 3.35. The van der Waals surface area contributed by atoms with Crippen molar-refractivity contribution in [3.63, 3.8) is 0 Å². The number of nitrogens with one attached hydrogen (secondary N) is 1. The van der Waals surface area contributed by atoms with Gasteiger partial charge in [-0.1, -0.05) is 30.3 Å². The van der Waals surface area contributed by atoms with Gasteiger partial charge in [-0.2, -0.15) is 0 Å². The zero-order valence-electron chi connectivity index (χ0n) is 17.9. The lowest BCUT2D eigenvalue weighted by atomic mass is 10.1. The minimum absolute atomic E-state index is 0.735. The maximum atomic E-state index is 5.09. The third-order valence-electron chi connectivity index (χ3n) is 5.36. The van der Waals surface area contributed by atoms with Crippen LogP contribution in [0, 0.1) is 13.8 Å². The molecule has 0 unspecified atom stereocenters. The molecule has 4 rings (SSSR count). The fraction of sp³-hybridized carbons (Fsp3) is 0.292. The topological polar surface area (TPSA) is 57.2 Å². The van der Waals surface area contributed by atoms with E-state index in [2.05, 4.69) is 82.0 Å². The van der Waals surface area contributed by atoms with Gasteiger partial charge in [-0.15, -0.1) is 0 Å². The Morgan fingerprint density at radius 3 is 2.67 bits per heavy atom. The molecule has 0 spiro atoms. The lowest BCUT2D eigenvalue weighted by Crippen LogP contribution is -2.33. The molecule has 3 heterocycles. The predicted molar refractivity (Wildman–Crippen MR) is 124 cm³/mol. The standard InChI is InChI=1S/C24H28N6/c1-17-8-7-9-20(14-17)21-10-11-22-24(28-21)30(13-6-5-12-29(22)4)19(3)27-23-15-18(2)25-16-26-23/h7-11,14-16H,3,5-6,12-13H2,1-2,4H3,(H,25,26,27). The van der Waals surface area contributed by atoms with Crippen LogP contribution < -0.4 is 15.1 Å². The molecule has 1 aromatic carbocycles. The van der Waals surface area contributed by atoms with Crippen LogP contribution in [0.4, 0.5) is 17.3 Å². The lowest BCUT2D eigenvalue weighted by molar-refractivity contribution is 0.687. The van der Waals surface area contributed by atoms with Gasteiger partial charge in [-0.25, -0.2) is 15.0 Å². The molecule has 6 heteroatoms. The first-order chi connectivity index (χ1) is 14.5. The lowest BCUT2D eigenvalue weighted by Gasteiger charge is -2.33. The van der Waals surface area contributed by atoms with Crippen molar-refractivity contribution < 1.29 is 0 Å². The number of rotatable bonds is 4. The van der Waals surface area contributed by atoms with Crippen molar-refractivity contribution in [3.8, 4) is 11.3 Å². The van der Waals surface area contributed by atoms with E-state index >= 15 is 0 Å². The zero-order valence-corrected chi connectivity index (χ0v) is 17.9. The Morgan fingerprint density at radius 2 is 1.87 bits per heavy atom. The van der Waals surface area contributed by atoms with Crippen molar-refractivity contribution in [3.05, 3.63) is 72.4 Å². The Balaban J connectivity index is 1.73. The highest BCUT2D eigenvalue weighted by molar-refractivity contribution is 5.75. The molecule has 2 aromatic heterocycles. The van der Waals surface area contributed by atoms with Crippen LogP contribution in [0.15, 0.2) is 61.2 Å². The summed E-state index contributed by atoms with van der Waals surface area (Å²) >= 11 is 0. The molecule has 6 nitrogen and oxygen atoms in total. The second-order valence-corrected chi connectivity index (χ2v) is 7.81. The summed E-state index contributed by atoms with van der Waals surface area (Å²) in [5.74, 6) is 2.41. The van der Waals surface area contributed by atoms with Crippen LogP contribution in [0.5, 0.6) is 0 Å². The molecule has 1 N–H and O–H groups in total. The van der Waals surface area contributed by atoms with Crippen LogP contribution in [0.25, 0.3) is 11.3 Å². The summed E-state index contributed by atoms with van der Waals surface area (Å²) in [4.78, 5) is 18.0. The van der Waals surface area contributed by atoms with E-state index in [1.165, 1.54) is 5.56 Å². The van der Waals surface area contributed by atoms with Crippen LogP contribution in [0.1, 0.15) is 24.1 Å². The first kappa shape index (κ1) is 19.9. The van der Waals surface area contributed by atoms with E-state index in [-0.39, 0.29) is 0 Å². The van der Waals surface area contributed by atoms with E-state index in [1.807, 2.05) is 13.0 Å². The van der Waals surface area contributed by atoms with E-state index in [1.54, 1.807) is 6.33 Å². The van der Waals surface area contributed by atoms with Gasteiger partial charge in [0.25, 0.3) is 0 Å². The number of anilines is 3. The van der Waals surface area contributed by atoms with Crippen LogP contribution in [0.3, 0.4) is 0 Å². The second kappa shape index (κ2) is 8.53. The van der Waals surface area contributed by atoms with Gasteiger partial charge in [0.05, 0.1) is 11.4 Å². The van der Waals surface area contributed by atoms with Gasteiger partial charge in [-0.3, -0.25) is 0 Å². The molecule has 1 aliphatic heterocycles. The van der Waals surface area contributed by atoms with E-state index in [4.69, 9.17) is 4.98 Å². The fourth-order valence-corrected chi connectivity index (χ4v) is 3.75. The SMILES string of the molecule is C=C(Nc1cc(C)ncn1)N1CCCCN(C)c2ccc(-c3cccc(C)c3)nc21. The van der Waals surface area contributed by atoms with Gasteiger partial charge in [0, 0.05) is 37.5 Å². The summed E-state index contributed by atoms with van der Waals surface area (Å²) < 4.78 is 0. The Kier molecular flexibility index (Phi) is 5.65. The maximum absolute atomic E-state index is 5.09. The molecule has 0 saturated carbocycles. The summed E-state index contributed by atoms with van der Waals surface area (Å²) in [6, 6.07) is 14.6. The number of aromatic nitrogens is 3. The van der Waals surface area contributed by atoms with Gasteiger partial charge in [0.1, 0.15) is 18.0 Å². The number of hydrogen-bond donors (Lipinski definition) is 1. The van der Waals surface area contributed by atoms with Crippen molar-refractivity contribution in [2.75, 3.05) is 35.3 Å². The minimum atomic E-state index is 0.735. The third-order valence-corrected chi connectivity index (χ3v) is 5.36. The molecule has 0 aliphatic carbocycles. The molecule has 0 atom stereocenters. The van der Waals surface area contributed by atoms with Crippen LogP contribution in [-0.2, 0) is 0 Å². The molecule has 1 aliphatic rings. The summed E-state index contributed by atoms with van der Waals surface area (Å²) in [5.41, 5.74) is 5.32. The highest BCUT2D eigenvalue weighted by Gasteiger charge is 2.22. The highest BCUT2D eigenvalue weighted by Crippen LogP contribution is 2.34. The first-order valence-electron chi connectivity index (χ1n) is 10.3. The zero-order chi connectivity index (χ0) is 21.1. The maximum Gasteiger partial charge on any atom is 0.158 e. The van der Waals surface area contributed by atoms with Gasteiger partial charge in [0.15, 0.2) is 5.82 Å². The molecule has 30 heavy (non-hydrogen) atoms. The minimum Gasteiger partial charge on any atom is -0.372 e. The van der Waals surface area contributed by atoms with Crippen LogP contribution >= 0.6 is 0 Å². The fourth-order valence-electron chi connectivity index (χ4n) is 3.75. The molecule has 0 fully saturated rings. The Morgan fingerprint density at radius 1 is 1.03 bits per heavy atom. The first-order valence-corrected chi connectivity index (χ1v) is 10.3. The average molecular weight is 401 g/mol. The van der Waals surface area contributed by atoms with Gasteiger partial charge >= 0.3 is 0 Å². The molecular weight excluding hydrogens is 372 g/mol. The Bertz CT molecular complexity index is 1060. The summed E-state index contributed by atoms with van der Waals surface area (Å²) in [7, 11) is 2.13. The van der Waals surface area contributed by atoms with E-state index in [9.17, 15) is 0 Å². The van der Waals surface area contributed by atoms with E-state index in [0.29, 0.717) is 0 Å². The number of aryl methyl sites for hydroxylation is 2. The number of pyridine rings is 1. The largest absolute Gasteiger partial charge is 0.372 e. The summed E-state index contributed by atoms with van der Waals surface area (Å²) in [6.45, 7) is 10.2. The van der Waals surface area contributed by atoms with Crippen molar-refractivity contribution in [1.29, 1.82) is 0 Å². The Labute approximate surface area is 178 Å². The average Bonchev–Trinajstić information content (AvgIpc) is 2.72. The molecular formula is C24H28N6. The smallest absolute Gasteiger partial charge is 0.158 e. The number of benzene rings is 1. The molecule has 0 amide bonds. The van der Waals surface area contributed by atoms with Crippen molar-refractivity contribution in [1.82, 2.24) is 15.0 Å². The second-order valence-electron chi connectivity index (χ2n) is 7.81. The predicted octanol–water partition coefficient (Wildman–Crippen LogP) is 4.78. The molecule has 3 aromatic rings. The van der Waals surface area contributed by atoms with E-state index in [0.717, 1.165) is 66.0 Å². The van der Waals surface area contributed by atoms with Crippen LogP contribution in [0.2, 0.25) is 0 Å². The normalized spacial score (nSPS) is 14.0. The van der Waals surface area contributed by atoms with Gasteiger partial charge in [0.2, 0.25) is 0 Å². The summed E-state index contributed by atoms with van der Waals surface area (Å²) in [6.07, 6.45) is 3.74. The monoisotopic (exact) mass is 400 g/mol. The van der Waals surface area contributed by atoms with Crippen molar-refractivity contribution >= 4 is 17.3 Å². The molecule has 0 bridgehead atoms. The number of nitrogens with zero attached hydrogens (tertiary/aromatic N) is 5. The third kappa shape index (κ3) is 4.27. The number of hydrogen-bond acceptors (Lipinski definition) is 6. The number of fused-ring (bicyclic) bond motifs is 1. The molecule has 154 valence electrons. The molecule has 0 saturated heterocycles. The Hall–Kier alpha value is -3.41. The van der Waals surface area contributed by atoms with Gasteiger partial charge in [-0.05, 0) is 44.9 Å². The van der Waals surface area contributed by atoms with E-state index < -0.39 is 0 Å². The molecule has 0 radical (unpaired) electrons. The quantitative estimate of drug-likeness (QED) is 0.680.